The number of carboxylic acid groups (broad SMARTS) is 1. The fourth-order valence-corrected chi connectivity index (χ4v) is 1.53. The number of carboxylic acids is 1. The van der Waals surface area contributed by atoms with E-state index in [1.807, 2.05) is 0 Å². The van der Waals surface area contributed by atoms with Crippen LogP contribution in [0.25, 0.3) is 11.3 Å². The molecular weight excluding hydrogens is 232 g/mol. The van der Waals surface area contributed by atoms with Gasteiger partial charge in [-0.25, -0.2) is 9.78 Å². The van der Waals surface area contributed by atoms with Crippen molar-refractivity contribution in [1.82, 2.24) is 10.1 Å². The first-order valence-electron chi connectivity index (χ1n) is 4.41. The topological polar surface area (TPSA) is 76.2 Å². The Morgan fingerprint density at radius 1 is 1.44 bits per heavy atom. The summed E-state index contributed by atoms with van der Waals surface area (Å²) in [5, 5.41) is 12.4. The van der Waals surface area contributed by atoms with Gasteiger partial charge in [0.15, 0.2) is 11.5 Å². The van der Waals surface area contributed by atoms with Crippen molar-refractivity contribution in [2.75, 3.05) is 0 Å². The lowest BCUT2D eigenvalue weighted by Gasteiger charge is -1.98. The van der Waals surface area contributed by atoms with Crippen LogP contribution in [-0.4, -0.2) is 21.2 Å². The molecule has 0 unspecified atom stereocenters. The Morgan fingerprint density at radius 3 is 2.75 bits per heavy atom. The predicted molar refractivity (Wildman–Crippen MR) is 56.4 cm³/mol. The maximum absolute atomic E-state index is 10.6. The molecule has 5 nitrogen and oxygen atoms in total. The van der Waals surface area contributed by atoms with E-state index in [0.29, 0.717) is 16.5 Å². The summed E-state index contributed by atoms with van der Waals surface area (Å²) in [6.07, 6.45) is 0. The standard InChI is InChI=1S/C10H7ClN2O3/c1-5-2-6(3-9(11)12-5)8-4-7(10(14)15)13-16-8/h2-4H,1H3,(H,14,15). The van der Waals surface area contributed by atoms with Gasteiger partial charge in [0, 0.05) is 17.3 Å². The van der Waals surface area contributed by atoms with Crippen LogP contribution in [-0.2, 0) is 0 Å². The van der Waals surface area contributed by atoms with Crippen molar-refractivity contribution in [3.05, 3.63) is 34.7 Å². The van der Waals surface area contributed by atoms with Crippen LogP contribution in [0.2, 0.25) is 5.15 Å². The van der Waals surface area contributed by atoms with Gasteiger partial charge in [-0.2, -0.15) is 0 Å². The molecular formula is C10H7ClN2O3. The number of nitrogens with zero attached hydrogens (tertiary/aromatic N) is 2. The average molecular weight is 239 g/mol. The summed E-state index contributed by atoms with van der Waals surface area (Å²) in [7, 11) is 0. The Hall–Kier alpha value is -1.88. The molecule has 0 spiro atoms. The molecule has 2 aromatic rings. The van der Waals surface area contributed by atoms with Crippen molar-refractivity contribution < 1.29 is 14.4 Å². The van der Waals surface area contributed by atoms with Gasteiger partial charge in [-0.1, -0.05) is 16.8 Å². The zero-order chi connectivity index (χ0) is 11.7. The molecule has 0 fully saturated rings. The molecule has 1 N–H and O–H groups in total. The second-order valence-electron chi connectivity index (χ2n) is 3.20. The summed E-state index contributed by atoms with van der Waals surface area (Å²) in [6.45, 7) is 1.78. The van der Waals surface area contributed by atoms with E-state index in [-0.39, 0.29) is 5.69 Å². The SMILES string of the molecule is Cc1cc(-c2cc(C(=O)O)no2)cc(Cl)n1. The third-order valence-electron chi connectivity index (χ3n) is 1.94. The van der Waals surface area contributed by atoms with E-state index in [1.54, 1.807) is 19.1 Å². The van der Waals surface area contributed by atoms with Crippen LogP contribution in [0.3, 0.4) is 0 Å². The number of carbonyl (C=O) groups is 1. The summed E-state index contributed by atoms with van der Waals surface area (Å²) in [5.74, 6) is -0.781. The molecule has 0 aliphatic rings. The molecule has 0 saturated heterocycles. The molecule has 0 radical (unpaired) electrons. The van der Waals surface area contributed by atoms with Crippen LogP contribution in [0.5, 0.6) is 0 Å². The van der Waals surface area contributed by atoms with E-state index >= 15 is 0 Å². The molecule has 0 aromatic carbocycles. The molecule has 0 aliphatic carbocycles. The highest BCUT2D eigenvalue weighted by atomic mass is 35.5. The van der Waals surface area contributed by atoms with Gasteiger partial charge >= 0.3 is 5.97 Å². The van der Waals surface area contributed by atoms with E-state index in [0.717, 1.165) is 5.69 Å². The largest absolute Gasteiger partial charge is 0.476 e. The Kier molecular flexibility index (Phi) is 2.62. The first-order chi connectivity index (χ1) is 7.56. The number of aryl methyl sites for hydroxylation is 1. The van der Waals surface area contributed by atoms with E-state index in [4.69, 9.17) is 21.2 Å². The van der Waals surface area contributed by atoms with Gasteiger partial charge in [-0.3, -0.25) is 0 Å². The molecule has 0 bridgehead atoms. The summed E-state index contributed by atoms with van der Waals surface area (Å²) < 4.78 is 4.90. The van der Waals surface area contributed by atoms with Gasteiger partial charge in [0.1, 0.15) is 5.15 Å². The molecule has 2 rings (SSSR count). The van der Waals surface area contributed by atoms with Gasteiger partial charge in [0.2, 0.25) is 0 Å². The van der Waals surface area contributed by atoms with Crippen LogP contribution in [0.15, 0.2) is 22.7 Å². The molecule has 2 heterocycles. The third-order valence-corrected chi connectivity index (χ3v) is 2.13. The highest BCUT2D eigenvalue weighted by molar-refractivity contribution is 6.29. The van der Waals surface area contributed by atoms with Crippen molar-refractivity contribution >= 4 is 17.6 Å². The summed E-state index contributed by atoms with van der Waals surface area (Å²) in [4.78, 5) is 14.6. The highest BCUT2D eigenvalue weighted by Gasteiger charge is 2.12. The number of rotatable bonds is 2. The first kappa shape index (κ1) is 10.6. The van der Waals surface area contributed by atoms with Crippen molar-refractivity contribution in [3.8, 4) is 11.3 Å². The van der Waals surface area contributed by atoms with Crippen molar-refractivity contribution in [3.63, 3.8) is 0 Å². The number of aromatic nitrogens is 2. The van der Waals surface area contributed by atoms with Gasteiger partial charge in [0.25, 0.3) is 0 Å². The average Bonchev–Trinajstić information content (AvgIpc) is 2.64. The second-order valence-corrected chi connectivity index (χ2v) is 3.59. The van der Waals surface area contributed by atoms with Gasteiger partial charge in [-0.15, -0.1) is 0 Å². The lowest BCUT2D eigenvalue weighted by Crippen LogP contribution is -1.94. The maximum Gasteiger partial charge on any atom is 0.358 e. The highest BCUT2D eigenvalue weighted by Crippen LogP contribution is 2.23. The minimum absolute atomic E-state index is 0.138. The quantitative estimate of drug-likeness (QED) is 0.813. The zero-order valence-electron chi connectivity index (χ0n) is 8.27. The van der Waals surface area contributed by atoms with E-state index in [9.17, 15) is 4.79 Å². The molecule has 0 saturated carbocycles. The smallest absolute Gasteiger partial charge is 0.358 e. The van der Waals surface area contributed by atoms with Crippen LogP contribution < -0.4 is 0 Å². The van der Waals surface area contributed by atoms with Gasteiger partial charge < -0.3 is 9.63 Å². The van der Waals surface area contributed by atoms with Gasteiger partial charge in [-0.05, 0) is 19.1 Å². The van der Waals surface area contributed by atoms with E-state index < -0.39 is 5.97 Å². The van der Waals surface area contributed by atoms with E-state index in [1.165, 1.54) is 6.07 Å². The Morgan fingerprint density at radius 2 is 2.19 bits per heavy atom. The lowest BCUT2D eigenvalue weighted by atomic mass is 10.2. The zero-order valence-corrected chi connectivity index (χ0v) is 9.02. The van der Waals surface area contributed by atoms with Crippen molar-refractivity contribution in [2.45, 2.75) is 6.92 Å². The number of aromatic carboxylic acids is 1. The molecule has 16 heavy (non-hydrogen) atoms. The van der Waals surface area contributed by atoms with E-state index in [2.05, 4.69) is 10.1 Å². The fourth-order valence-electron chi connectivity index (χ4n) is 1.28. The summed E-state index contributed by atoms with van der Waals surface area (Å²) in [6, 6.07) is 4.66. The lowest BCUT2D eigenvalue weighted by molar-refractivity contribution is 0.0686. The number of pyridine rings is 1. The maximum atomic E-state index is 10.6. The van der Waals surface area contributed by atoms with Crippen LogP contribution >= 0.6 is 11.6 Å². The van der Waals surface area contributed by atoms with Crippen LogP contribution in [0, 0.1) is 6.92 Å². The Labute approximate surface area is 95.7 Å². The van der Waals surface area contributed by atoms with Crippen molar-refractivity contribution in [2.24, 2.45) is 0 Å². The fraction of sp³-hybridized carbons (Fsp3) is 0.100. The Bertz CT molecular complexity index is 530. The minimum atomic E-state index is -1.13. The van der Waals surface area contributed by atoms with Crippen LogP contribution in [0.1, 0.15) is 16.2 Å². The first-order valence-corrected chi connectivity index (χ1v) is 4.78. The Balaban J connectivity index is 2.46. The summed E-state index contributed by atoms with van der Waals surface area (Å²) in [5.41, 5.74) is 1.23. The molecule has 0 atom stereocenters. The van der Waals surface area contributed by atoms with Crippen LogP contribution in [0.4, 0.5) is 0 Å². The normalized spacial score (nSPS) is 10.4. The summed E-state index contributed by atoms with van der Waals surface area (Å²) >= 11 is 5.78. The monoisotopic (exact) mass is 238 g/mol. The molecule has 6 heteroatoms. The second kappa shape index (κ2) is 3.94. The van der Waals surface area contributed by atoms with Gasteiger partial charge in [0.05, 0.1) is 0 Å². The predicted octanol–water partition coefficient (Wildman–Crippen LogP) is 2.40. The minimum Gasteiger partial charge on any atom is -0.476 e. The number of halogens is 1. The molecule has 0 amide bonds. The molecule has 2 aromatic heterocycles. The van der Waals surface area contributed by atoms with Crippen molar-refractivity contribution in [1.29, 1.82) is 0 Å². The third kappa shape index (κ3) is 2.04. The molecule has 82 valence electrons. The number of hydrogen-bond acceptors (Lipinski definition) is 4. The number of hydrogen-bond donors (Lipinski definition) is 1. The molecule has 0 aliphatic heterocycles.